The maximum absolute atomic E-state index is 8.50. The molecule has 0 amide bonds. The Balaban J connectivity index is 0.000000187. The molecule has 48 valence electrons. The van der Waals surface area contributed by atoms with Crippen molar-refractivity contribution < 1.29 is 25.7 Å². The third-order valence-electron chi connectivity index (χ3n) is 0.810. The standard InChI is InChI=1S/C6H7.2O.Ti/c1-2-4-6-5-3-1;;;/h1-2,6H,3,5H2;;;/q-1;;;. The topological polar surface area (TPSA) is 34.1 Å². The van der Waals surface area contributed by atoms with Gasteiger partial charge in [0.05, 0.1) is 0 Å². The van der Waals surface area contributed by atoms with Crippen molar-refractivity contribution >= 4 is 0 Å². The van der Waals surface area contributed by atoms with Gasteiger partial charge in [-0.3, -0.25) is 6.08 Å². The second kappa shape index (κ2) is 7.79. The van der Waals surface area contributed by atoms with Gasteiger partial charge in [0.15, 0.2) is 0 Å². The van der Waals surface area contributed by atoms with Gasteiger partial charge < -0.3 is 0 Å². The first-order chi connectivity index (χ1) is 4.41. The summed E-state index contributed by atoms with van der Waals surface area (Å²) in [4.78, 5) is 0. The molecule has 1 aliphatic carbocycles. The average Bonchev–Trinajstić information content (AvgIpc) is 1.93. The van der Waals surface area contributed by atoms with Crippen LogP contribution in [0.5, 0.6) is 0 Å². The molecule has 0 atom stereocenters. The average molecular weight is 159 g/mol. The number of allylic oxidation sites excluding steroid dienone is 4. The fourth-order valence-corrected chi connectivity index (χ4v) is 0.482. The molecule has 0 aromatic carbocycles. The molecule has 0 aliphatic heterocycles. The van der Waals surface area contributed by atoms with Crippen LogP contribution >= 0.6 is 0 Å². The van der Waals surface area contributed by atoms with Crippen LogP contribution in [0.15, 0.2) is 18.2 Å². The first-order valence-corrected chi connectivity index (χ1v) is 3.91. The molecule has 1 aliphatic rings. The van der Waals surface area contributed by atoms with E-state index < -0.39 is 19.1 Å². The van der Waals surface area contributed by atoms with Gasteiger partial charge in [-0.2, -0.15) is 6.08 Å². The van der Waals surface area contributed by atoms with Crippen molar-refractivity contribution in [1.29, 1.82) is 0 Å². The van der Waals surface area contributed by atoms with E-state index in [0.29, 0.717) is 0 Å². The van der Waals surface area contributed by atoms with Crippen molar-refractivity contribution in [3.8, 4) is 0 Å². The van der Waals surface area contributed by atoms with Crippen LogP contribution in [0.4, 0.5) is 0 Å². The Hall–Kier alpha value is -0.206. The molecule has 0 radical (unpaired) electrons. The summed E-state index contributed by atoms with van der Waals surface area (Å²) in [6.45, 7) is 0. The maximum atomic E-state index is 8.50. The Morgan fingerprint density at radius 1 is 1.33 bits per heavy atom. The quantitative estimate of drug-likeness (QED) is 0.396. The Bertz CT molecular complexity index is 131. The molecule has 2 nitrogen and oxygen atoms in total. The van der Waals surface area contributed by atoms with Crippen LogP contribution in [0.25, 0.3) is 0 Å². The fraction of sp³-hybridized carbons (Fsp3) is 0.333. The summed E-state index contributed by atoms with van der Waals surface area (Å²) in [7, 11) is 0. The van der Waals surface area contributed by atoms with Gasteiger partial charge in [0, 0.05) is 0 Å². The Kier molecular flexibility index (Phi) is 7.62. The molecular weight excluding hydrogens is 152 g/mol. The Morgan fingerprint density at radius 2 is 2.00 bits per heavy atom. The van der Waals surface area contributed by atoms with Crippen molar-refractivity contribution in [2.24, 2.45) is 0 Å². The molecule has 0 heterocycles. The summed E-state index contributed by atoms with van der Waals surface area (Å²) >= 11 is -2.00. The summed E-state index contributed by atoms with van der Waals surface area (Å²) in [5, 5.41) is 0. The predicted octanol–water partition coefficient (Wildman–Crippen LogP) is 1.46. The molecule has 0 spiro atoms. The van der Waals surface area contributed by atoms with Crippen LogP contribution in [0.2, 0.25) is 0 Å². The van der Waals surface area contributed by atoms with Crippen molar-refractivity contribution in [1.82, 2.24) is 0 Å². The molecular formula is C6H7O2Ti-. The Morgan fingerprint density at radius 3 is 2.11 bits per heavy atom. The van der Waals surface area contributed by atoms with Gasteiger partial charge in [-0.1, -0.05) is 12.8 Å². The summed E-state index contributed by atoms with van der Waals surface area (Å²) in [6.07, 6.45) is 11.5. The van der Waals surface area contributed by atoms with Gasteiger partial charge in [-0.25, -0.2) is 12.2 Å². The molecule has 0 aromatic rings. The Labute approximate surface area is 63.2 Å². The van der Waals surface area contributed by atoms with Gasteiger partial charge >= 0.3 is 25.7 Å². The number of rotatable bonds is 0. The zero-order valence-electron chi connectivity index (χ0n) is 4.96. The van der Waals surface area contributed by atoms with Crippen molar-refractivity contribution in [3.63, 3.8) is 0 Å². The number of hydrogen-bond acceptors (Lipinski definition) is 2. The van der Waals surface area contributed by atoms with E-state index in [9.17, 15) is 0 Å². The van der Waals surface area contributed by atoms with E-state index in [0.717, 1.165) is 0 Å². The summed E-state index contributed by atoms with van der Waals surface area (Å²) in [5.74, 6) is 0. The van der Waals surface area contributed by atoms with Gasteiger partial charge in [-0.05, 0) is 0 Å². The molecule has 0 aromatic heterocycles. The fourth-order valence-electron chi connectivity index (χ4n) is 0.482. The molecule has 0 N–H and O–H groups in total. The second-order valence-corrected chi connectivity index (χ2v) is 1.69. The minimum atomic E-state index is -2.00. The normalized spacial score (nSPS) is 13.3. The molecule has 0 fully saturated rings. The van der Waals surface area contributed by atoms with Crippen LogP contribution in [-0.4, -0.2) is 0 Å². The van der Waals surface area contributed by atoms with Gasteiger partial charge in [-0.15, -0.1) is 0 Å². The van der Waals surface area contributed by atoms with E-state index in [2.05, 4.69) is 18.2 Å². The van der Waals surface area contributed by atoms with Crippen LogP contribution in [0.3, 0.4) is 0 Å². The van der Waals surface area contributed by atoms with E-state index >= 15 is 0 Å². The van der Waals surface area contributed by atoms with Gasteiger partial charge in [0.1, 0.15) is 0 Å². The molecule has 0 bridgehead atoms. The van der Waals surface area contributed by atoms with E-state index in [4.69, 9.17) is 6.65 Å². The molecule has 1 rings (SSSR count). The molecule has 9 heavy (non-hydrogen) atoms. The van der Waals surface area contributed by atoms with Crippen molar-refractivity contribution in [2.75, 3.05) is 0 Å². The van der Waals surface area contributed by atoms with Crippen LogP contribution in [-0.2, 0) is 25.7 Å². The van der Waals surface area contributed by atoms with Crippen molar-refractivity contribution in [3.05, 3.63) is 24.3 Å². The number of hydrogen-bond donors (Lipinski definition) is 0. The van der Waals surface area contributed by atoms with Gasteiger partial charge in [0.25, 0.3) is 0 Å². The zero-order chi connectivity index (χ0) is 6.95. The predicted molar refractivity (Wildman–Crippen MR) is 27.6 cm³/mol. The molecule has 0 saturated heterocycles. The third kappa shape index (κ3) is 7.79. The summed E-state index contributed by atoms with van der Waals surface area (Å²) < 4.78 is 17.0. The first-order valence-electron chi connectivity index (χ1n) is 2.64. The minimum absolute atomic E-state index is 1.18. The SMILES string of the molecule is [C-]1=CCCC=C1.[O]=[Ti]=[O]. The van der Waals surface area contributed by atoms with Gasteiger partial charge in [0.2, 0.25) is 0 Å². The monoisotopic (exact) mass is 159 g/mol. The molecule has 0 unspecified atom stereocenters. The summed E-state index contributed by atoms with van der Waals surface area (Å²) in [6, 6.07) is 0. The summed E-state index contributed by atoms with van der Waals surface area (Å²) in [5.41, 5.74) is 0. The molecule has 3 heteroatoms. The van der Waals surface area contributed by atoms with E-state index in [1.54, 1.807) is 0 Å². The van der Waals surface area contributed by atoms with Crippen LogP contribution in [0, 0.1) is 6.08 Å². The van der Waals surface area contributed by atoms with E-state index in [-0.39, 0.29) is 0 Å². The third-order valence-corrected chi connectivity index (χ3v) is 0.810. The first kappa shape index (κ1) is 8.79. The van der Waals surface area contributed by atoms with Crippen LogP contribution in [0.1, 0.15) is 12.8 Å². The van der Waals surface area contributed by atoms with Crippen LogP contribution < -0.4 is 0 Å². The van der Waals surface area contributed by atoms with Crippen molar-refractivity contribution in [2.45, 2.75) is 12.8 Å². The van der Waals surface area contributed by atoms with E-state index in [1.807, 2.05) is 6.08 Å². The van der Waals surface area contributed by atoms with E-state index in [1.165, 1.54) is 12.8 Å². The second-order valence-electron chi connectivity index (χ2n) is 1.43. The zero-order valence-corrected chi connectivity index (χ0v) is 6.52. The molecule has 0 saturated carbocycles.